The van der Waals surface area contributed by atoms with Gasteiger partial charge < -0.3 is 14.4 Å². The number of imidazole rings is 1. The summed E-state index contributed by atoms with van der Waals surface area (Å²) < 4.78 is 7.18. The second-order valence-corrected chi connectivity index (χ2v) is 4.74. The SMILES string of the molecule is COc1ccc(-c2nccn2Cc2ccccc2O)cc1. The van der Waals surface area contributed by atoms with Crippen molar-refractivity contribution in [2.45, 2.75) is 6.54 Å². The van der Waals surface area contributed by atoms with Gasteiger partial charge in [0.15, 0.2) is 0 Å². The number of hydrogen-bond donors (Lipinski definition) is 1. The standard InChI is InChI=1S/C17H16N2O2/c1-21-15-8-6-13(7-9-15)17-18-10-11-19(17)12-14-4-2-3-5-16(14)20/h2-11,20H,12H2,1H3. The van der Waals surface area contributed by atoms with E-state index in [1.54, 1.807) is 19.4 Å². The summed E-state index contributed by atoms with van der Waals surface area (Å²) in [5.74, 6) is 1.98. The monoisotopic (exact) mass is 280 g/mol. The van der Waals surface area contributed by atoms with Gasteiger partial charge in [0.05, 0.1) is 13.7 Å². The van der Waals surface area contributed by atoms with Crippen molar-refractivity contribution < 1.29 is 9.84 Å². The summed E-state index contributed by atoms with van der Waals surface area (Å²) in [7, 11) is 1.65. The molecule has 4 nitrogen and oxygen atoms in total. The molecule has 2 aromatic carbocycles. The molecular formula is C17H16N2O2. The summed E-state index contributed by atoms with van der Waals surface area (Å²) in [6, 6.07) is 15.1. The number of para-hydroxylation sites is 1. The minimum Gasteiger partial charge on any atom is -0.508 e. The molecule has 0 radical (unpaired) electrons. The quantitative estimate of drug-likeness (QED) is 0.797. The lowest BCUT2D eigenvalue weighted by Gasteiger charge is -2.10. The minimum absolute atomic E-state index is 0.298. The van der Waals surface area contributed by atoms with E-state index in [4.69, 9.17) is 4.74 Å². The van der Waals surface area contributed by atoms with Crippen LogP contribution in [-0.4, -0.2) is 21.8 Å². The maximum atomic E-state index is 9.89. The van der Waals surface area contributed by atoms with Crippen molar-refractivity contribution >= 4 is 0 Å². The summed E-state index contributed by atoms with van der Waals surface area (Å²) in [6.45, 7) is 0.577. The van der Waals surface area contributed by atoms with Crippen LogP contribution in [0.2, 0.25) is 0 Å². The lowest BCUT2D eigenvalue weighted by Crippen LogP contribution is -2.01. The van der Waals surface area contributed by atoms with Gasteiger partial charge in [0, 0.05) is 23.5 Å². The molecule has 1 aromatic heterocycles. The number of phenolic OH excluding ortho intramolecular Hbond substituents is 1. The summed E-state index contributed by atoms with van der Waals surface area (Å²) in [5.41, 5.74) is 1.88. The van der Waals surface area contributed by atoms with Crippen LogP contribution in [0.15, 0.2) is 60.9 Å². The Morgan fingerprint density at radius 2 is 1.86 bits per heavy atom. The van der Waals surface area contributed by atoms with Gasteiger partial charge in [-0.25, -0.2) is 4.98 Å². The second kappa shape index (κ2) is 5.71. The number of nitrogens with zero attached hydrogens (tertiary/aromatic N) is 2. The first-order chi connectivity index (χ1) is 10.3. The molecule has 0 unspecified atom stereocenters. The van der Waals surface area contributed by atoms with E-state index in [2.05, 4.69) is 4.98 Å². The molecule has 3 rings (SSSR count). The van der Waals surface area contributed by atoms with Gasteiger partial charge in [-0.1, -0.05) is 18.2 Å². The number of ether oxygens (including phenoxy) is 1. The third-order valence-electron chi connectivity index (χ3n) is 3.40. The molecule has 0 aliphatic carbocycles. The van der Waals surface area contributed by atoms with E-state index in [1.165, 1.54) is 0 Å². The van der Waals surface area contributed by atoms with E-state index in [-0.39, 0.29) is 0 Å². The number of phenols is 1. The van der Waals surface area contributed by atoms with Crippen molar-refractivity contribution in [3.63, 3.8) is 0 Å². The highest BCUT2D eigenvalue weighted by molar-refractivity contribution is 5.57. The maximum absolute atomic E-state index is 9.89. The summed E-state index contributed by atoms with van der Waals surface area (Å²) in [4.78, 5) is 4.41. The number of rotatable bonds is 4. The topological polar surface area (TPSA) is 47.3 Å². The molecule has 0 fully saturated rings. The van der Waals surface area contributed by atoms with Gasteiger partial charge in [-0.05, 0) is 30.3 Å². The van der Waals surface area contributed by atoms with Gasteiger partial charge in [-0.3, -0.25) is 0 Å². The first-order valence-corrected chi connectivity index (χ1v) is 6.70. The van der Waals surface area contributed by atoms with E-state index in [0.717, 1.165) is 22.7 Å². The molecule has 1 heterocycles. The van der Waals surface area contributed by atoms with E-state index < -0.39 is 0 Å². The Balaban J connectivity index is 1.91. The zero-order valence-electron chi connectivity index (χ0n) is 11.7. The summed E-state index contributed by atoms with van der Waals surface area (Å²) in [5, 5.41) is 9.89. The smallest absolute Gasteiger partial charge is 0.140 e. The molecule has 0 atom stereocenters. The molecule has 106 valence electrons. The first kappa shape index (κ1) is 13.2. The van der Waals surface area contributed by atoms with Crippen molar-refractivity contribution in [3.8, 4) is 22.9 Å². The number of aromatic nitrogens is 2. The second-order valence-electron chi connectivity index (χ2n) is 4.74. The highest BCUT2D eigenvalue weighted by Gasteiger charge is 2.08. The lowest BCUT2D eigenvalue weighted by molar-refractivity contribution is 0.415. The Bertz CT molecular complexity index is 733. The Labute approximate surface area is 123 Å². The van der Waals surface area contributed by atoms with Crippen LogP contribution in [0.25, 0.3) is 11.4 Å². The molecule has 0 amide bonds. The largest absolute Gasteiger partial charge is 0.508 e. The van der Waals surface area contributed by atoms with Gasteiger partial charge in [-0.15, -0.1) is 0 Å². The van der Waals surface area contributed by atoms with Crippen LogP contribution in [-0.2, 0) is 6.54 Å². The highest BCUT2D eigenvalue weighted by Crippen LogP contribution is 2.23. The molecule has 0 aliphatic heterocycles. The van der Waals surface area contributed by atoms with Crippen LogP contribution in [0.3, 0.4) is 0 Å². The Morgan fingerprint density at radius 3 is 2.57 bits per heavy atom. The van der Waals surface area contributed by atoms with Gasteiger partial charge in [-0.2, -0.15) is 0 Å². The van der Waals surface area contributed by atoms with Gasteiger partial charge in [0.25, 0.3) is 0 Å². The molecule has 0 aliphatic rings. The average molecular weight is 280 g/mol. The molecule has 4 heteroatoms. The molecular weight excluding hydrogens is 264 g/mol. The minimum atomic E-state index is 0.298. The van der Waals surface area contributed by atoms with E-state index in [1.807, 2.05) is 53.2 Å². The zero-order valence-corrected chi connectivity index (χ0v) is 11.7. The van der Waals surface area contributed by atoms with Crippen molar-refractivity contribution in [1.82, 2.24) is 9.55 Å². The third kappa shape index (κ3) is 2.74. The fourth-order valence-corrected chi connectivity index (χ4v) is 2.27. The lowest BCUT2D eigenvalue weighted by atomic mass is 10.1. The molecule has 3 aromatic rings. The van der Waals surface area contributed by atoms with Crippen LogP contribution < -0.4 is 4.74 Å². The van der Waals surface area contributed by atoms with Crippen molar-refractivity contribution in [2.24, 2.45) is 0 Å². The molecule has 0 bridgehead atoms. The summed E-state index contributed by atoms with van der Waals surface area (Å²) >= 11 is 0. The number of methoxy groups -OCH3 is 1. The van der Waals surface area contributed by atoms with Crippen LogP contribution in [0, 0.1) is 0 Å². The Kier molecular flexibility index (Phi) is 3.60. The molecule has 0 saturated heterocycles. The van der Waals surface area contributed by atoms with Crippen LogP contribution in [0.1, 0.15) is 5.56 Å². The number of hydrogen-bond acceptors (Lipinski definition) is 3. The van der Waals surface area contributed by atoms with E-state index >= 15 is 0 Å². The fourth-order valence-electron chi connectivity index (χ4n) is 2.27. The number of benzene rings is 2. The maximum Gasteiger partial charge on any atom is 0.140 e. The van der Waals surface area contributed by atoms with Crippen LogP contribution in [0.5, 0.6) is 11.5 Å². The predicted molar refractivity (Wildman–Crippen MR) is 81.4 cm³/mol. The fraction of sp³-hybridized carbons (Fsp3) is 0.118. The molecule has 0 saturated carbocycles. The zero-order chi connectivity index (χ0) is 14.7. The Morgan fingerprint density at radius 1 is 1.10 bits per heavy atom. The highest BCUT2D eigenvalue weighted by atomic mass is 16.5. The normalized spacial score (nSPS) is 10.5. The number of aromatic hydroxyl groups is 1. The molecule has 1 N–H and O–H groups in total. The summed E-state index contributed by atoms with van der Waals surface area (Å²) in [6.07, 6.45) is 3.67. The van der Waals surface area contributed by atoms with Crippen LogP contribution in [0.4, 0.5) is 0 Å². The van der Waals surface area contributed by atoms with Crippen molar-refractivity contribution in [2.75, 3.05) is 7.11 Å². The van der Waals surface area contributed by atoms with Crippen LogP contribution >= 0.6 is 0 Å². The van der Waals surface area contributed by atoms with Gasteiger partial charge in [0.2, 0.25) is 0 Å². The first-order valence-electron chi connectivity index (χ1n) is 6.70. The molecule has 21 heavy (non-hydrogen) atoms. The predicted octanol–water partition coefficient (Wildman–Crippen LogP) is 3.31. The third-order valence-corrected chi connectivity index (χ3v) is 3.40. The van der Waals surface area contributed by atoms with E-state index in [0.29, 0.717) is 12.3 Å². The average Bonchev–Trinajstić information content (AvgIpc) is 2.98. The van der Waals surface area contributed by atoms with Crippen molar-refractivity contribution in [3.05, 3.63) is 66.5 Å². The molecule has 0 spiro atoms. The van der Waals surface area contributed by atoms with Gasteiger partial charge in [0.1, 0.15) is 17.3 Å². The van der Waals surface area contributed by atoms with E-state index in [9.17, 15) is 5.11 Å². The van der Waals surface area contributed by atoms with Crippen molar-refractivity contribution in [1.29, 1.82) is 0 Å². The Hall–Kier alpha value is -2.75. The van der Waals surface area contributed by atoms with Gasteiger partial charge >= 0.3 is 0 Å².